The summed E-state index contributed by atoms with van der Waals surface area (Å²) >= 11 is 0. The van der Waals surface area contributed by atoms with E-state index in [-0.39, 0.29) is 5.54 Å². The Balaban J connectivity index is 1.55. The van der Waals surface area contributed by atoms with Crippen LogP contribution in [0.2, 0.25) is 0 Å². The lowest BCUT2D eigenvalue weighted by Gasteiger charge is -2.43. The molecule has 1 saturated heterocycles. The molecule has 0 aliphatic carbocycles. The Labute approximate surface area is 176 Å². The number of hydrogen-bond donors (Lipinski definition) is 1. The number of benzene rings is 2. The molecule has 0 bridgehead atoms. The van der Waals surface area contributed by atoms with Gasteiger partial charge in [0, 0.05) is 31.2 Å². The van der Waals surface area contributed by atoms with Crippen LogP contribution in [0, 0.1) is 0 Å². The second-order valence-electron chi connectivity index (χ2n) is 7.41. The predicted molar refractivity (Wildman–Crippen MR) is 118 cm³/mol. The average molecular weight is 402 g/mol. The highest BCUT2D eigenvalue weighted by Crippen LogP contribution is 2.37. The standard InChI is InChI=1S/C24H26N4O2/c1-2-30-22(29)19-17-25-23(26-18-19)27-24(20-9-5-3-6-10-20)13-15-28(16-14-24)21-11-7-4-8-12-21/h3-12,17-18H,2,13-16H2,1H3,(H,25,26,27). The summed E-state index contributed by atoms with van der Waals surface area (Å²) in [5, 5.41) is 3.58. The predicted octanol–water partition coefficient (Wildman–Crippen LogP) is 4.26. The topological polar surface area (TPSA) is 67.3 Å². The molecule has 1 aliphatic rings. The van der Waals surface area contributed by atoms with Gasteiger partial charge in [-0.2, -0.15) is 0 Å². The van der Waals surface area contributed by atoms with Crippen LogP contribution in [-0.2, 0) is 10.3 Å². The highest BCUT2D eigenvalue weighted by molar-refractivity contribution is 5.88. The molecular formula is C24H26N4O2. The molecule has 6 nitrogen and oxygen atoms in total. The second-order valence-corrected chi connectivity index (χ2v) is 7.41. The normalized spacial score (nSPS) is 15.4. The van der Waals surface area contributed by atoms with E-state index in [1.807, 2.05) is 12.1 Å². The van der Waals surface area contributed by atoms with Gasteiger partial charge in [-0.3, -0.25) is 0 Å². The lowest BCUT2D eigenvalue weighted by molar-refractivity contribution is 0.0525. The Morgan fingerprint density at radius 3 is 2.20 bits per heavy atom. The van der Waals surface area contributed by atoms with Crippen molar-refractivity contribution in [3.63, 3.8) is 0 Å². The summed E-state index contributed by atoms with van der Waals surface area (Å²) in [4.78, 5) is 23.1. The molecule has 3 aromatic rings. The number of carbonyl (C=O) groups is 1. The molecule has 1 N–H and O–H groups in total. The Hall–Kier alpha value is -3.41. The number of nitrogens with zero attached hydrogens (tertiary/aromatic N) is 3. The van der Waals surface area contributed by atoms with Crippen LogP contribution < -0.4 is 10.2 Å². The minimum Gasteiger partial charge on any atom is -0.462 e. The number of anilines is 2. The summed E-state index contributed by atoms with van der Waals surface area (Å²) in [5.41, 5.74) is 2.55. The third kappa shape index (κ3) is 4.27. The quantitative estimate of drug-likeness (QED) is 0.622. The van der Waals surface area contributed by atoms with E-state index in [1.54, 1.807) is 6.92 Å². The number of esters is 1. The van der Waals surface area contributed by atoms with Crippen molar-refractivity contribution >= 4 is 17.6 Å². The molecule has 1 aromatic heterocycles. The van der Waals surface area contributed by atoms with E-state index < -0.39 is 5.97 Å². The summed E-state index contributed by atoms with van der Waals surface area (Å²) in [6, 6.07) is 21.0. The molecule has 0 spiro atoms. The highest BCUT2D eigenvalue weighted by atomic mass is 16.5. The van der Waals surface area contributed by atoms with E-state index in [0.29, 0.717) is 18.1 Å². The van der Waals surface area contributed by atoms with Gasteiger partial charge in [-0.15, -0.1) is 0 Å². The molecule has 1 fully saturated rings. The molecule has 0 unspecified atom stereocenters. The van der Waals surface area contributed by atoms with Crippen LogP contribution >= 0.6 is 0 Å². The van der Waals surface area contributed by atoms with E-state index in [2.05, 4.69) is 68.7 Å². The number of rotatable bonds is 6. The van der Waals surface area contributed by atoms with Crippen LogP contribution in [0.4, 0.5) is 11.6 Å². The van der Waals surface area contributed by atoms with Crippen LogP contribution in [0.5, 0.6) is 0 Å². The van der Waals surface area contributed by atoms with E-state index in [0.717, 1.165) is 25.9 Å². The van der Waals surface area contributed by atoms with Gasteiger partial charge in [-0.1, -0.05) is 48.5 Å². The van der Waals surface area contributed by atoms with E-state index >= 15 is 0 Å². The van der Waals surface area contributed by atoms with Crippen LogP contribution in [0.3, 0.4) is 0 Å². The van der Waals surface area contributed by atoms with Crippen LogP contribution in [0.15, 0.2) is 73.1 Å². The van der Waals surface area contributed by atoms with Crippen molar-refractivity contribution in [1.82, 2.24) is 9.97 Å². The Morgan fingerprint density at radius 2 is 1.60 bits per heavy atom. The summed E-state index contributed by atoms with van der Waals surface area (Å²) in [7, 11) is 0. The Morgan fingerprint density at radius 1 is 1.00 bits per heavy atom. The summed E-state index contributed by atoms with van der Waals surface area (Å²) in [5.74, 6) is 0.109. The zero-order valence-corrected chi connectivity index (χ0v) is 17.1. The van der Waals surface area contributed by atoms with Crippen molar-refractivity contribution in [2.75, 3.05) is 29.9 Å². The van der Waals surface area contributed by atoms with E-state index in [9.17, 15) is 4.79 Å². The zero-order chi connectivity index (χ0) is 20.8. The molecular weight excluding hydrogens is 376 g/mol. The number of nitrogens with one attached hydrogen (secondary N) is 1. The van der Waals surface area contributed by atoms with Crippen molar-refractivity contribution in [2.45, 2.75) is 25.3 Å². The first-order valence-corrected chi connectivity index (χ1v) is 10.3. The number of hydrogen-bond acceptors (Lipinski definition) is 6. The Bertz CT molecular complexity index is 954. The molecule has 6 heteroatoms. The number of para-hydroxylation sites is 1. The molecule has 4 rings (SSSR count). The molecule has 1 aliphatic heterocycles. The smallest absolute Gasteiger partial charge is 0.341 e. The van der Waals surface area contributed by atoms with Gasteiger partial charge >= 0.3 is 5.97 Å². The lowest BCUT2D eigenvalue weighted by Crippen LogP contribution is -2.47. The van der Waals surface area contributed by atoms with Gasteiger partial charge in [0.25, 0.3) is 0 Å². The molecule has 2 aromatic carbocycles. The molecule has 0 saturated carbocycles. The van der Waals surface area contributed by atoms with E-state index in [4.69, 9.17) is 4.74 Å². The fraction of sp³-hybridized carbons (Fsp3) is 0.292. The monoisotopic (exact) mass is 402 g/mol. The minimum absolute atomic E-state index is 0.266. The van der Waals surface area contributed by atoms with Gasteiger partial charge in [0.1, 0.15) is 0 Å². The number of carbonyl (C=O) groups excluding carboxylic acids is 1. The third-order valence-corrected chi connectivity index (χ3v) is 5.58. The first-order chi connectivity index (χ1) is 14.7. The maximum atomic E-state index is 11.9. The summed E-state index contributed by atoms with van der Waals surface area (Å²) in [6.45, 7) is 3.95. The van der Waals surface area contributed by atoms with Crippen molar-refractivity contribution < 1.29 is 9.53 Å². The van der Waals surface area contributed by atoms with Gasteiger partial charge in [0.05, 0.1) is 17.7 Å². The van der Waals surface area contributed by atoms with Crippen LogP contribution in [-0.4, -0.2) is 35.6 Å². The van der Waals surface area contributed by atoms with Crippen molar-refractivity contribution in [3.8, 4) is 0 Å². The summed E-state index contributed by atoms with van der Waals surface area (Å²) in [6.07, 6.45) is 4.86. The molecule has 0 radical (unpaired) electrons. The van der Waals surface area contributed by atoms with Gasteiger partial charge < -0.3 is 15.0 Å². The first-order valence-electron chi connectivity index (χ1n) is 10.3. The molecule has 30 heavy (non-hydrogen) atoms. The Kier molecular flexibility index (Phi) is 5.93. The number of piperidine rings is 1. The van der Waals surface area contributed by atoms with Crippen molar-refractivity contribution in [3.05, 3.63) is 84.2 Å². The molecule has 0 atom stereocenters. The van der Waals surface area contributed by atoms with Crippen LogP contribution in [0.1, 0.15) is 35.7 Å². The van der Waals surface area contributed by atoms with Crippen molar-refractivity contribution in [2.24, 2.45) is 0 Å². The maximum Gasteiger partial charge on any atom is 0.341 e. The fourth-order valence-electron chi connectivity index (χ4n) is 3.95. The summed E-state index contributed by atoms with van der Waals surface area (Å²) < 4.78 is 5.02. The van der Waals surface area contributed by atoms with Gasteiger partial charge in [-0.25, -0.2) is 14.8 Å². The largest absolute Gasteiger partial charge is 0.462 e. The fourth-order valence-corrected chi connectivity index (χ4v) is 3.95. The molecule has 154 valence electrons. The van der Waals surface area contributed by atoms with Gasteiger partial charge in [0.2, 0.25) is 5.95 Å². The number of ether oxygens (including phenoxy) is 1. The zero-order valence-electron chi connectivity index (χ0n) is 17.1. The average Bonchev–Trinajstić information content (AvgIpc) is 2.81. The molecule has 0 amide bonds. The molecule has 2 heterocycles. The minimum atomic E-state index is -0.405. The second kappa shape index (κ2) is 8.95. The van der Waals surface area contributed by atoms with Gasteiger partial charge in [0.15, 0.2) is 0 Å². The van der Waals surface area contributed by atoms with Crippen molar-refractivity contribution in [1.29, 1.82) is 0 Å². The van der Waals surface area contributed by atoms with Gasteiger partial charge in [-0.05, 0) is 37.5 Å². The van der Waals surface area contributed by atoms with E-state index in [1.165, 1.54) is 23.6 Å². The maximum absolute atomic E-state index is 11.9. The highest BCUT2D eigenvalue weighted by Gasteiger charge is 2.37. The third-order valence-electron chi connectivity index (χ3n) is 5.58. The lowest BCUT2D eigenvalue weighted by atomic mass is 9.80. The first kappa shape index (κ1) is 19.9. The number of aromatic nitrogens is 2. The van der Waals surface area contributed by atoms with Crippen LogP contribution in [0.25, 0.3) is 0 Å². The SMILES string of the molecule is CCOC(=O)c1cnc(NC2(c3ccccc3)CCN(c3ccccc3)CC2)nc1.